The number of ether oxygens (including phenoxy) is 4. The predicted molar refractivity (Wildman–Crippen MR) is 357 cm³/mol. The van der Waals surface area contributed by atoms with Crippen LogP contribution in [-0.2, 0) is 0 Å². The third-order valence-electron chi connectivity index (χ3n) is 19.0. The van der Waals surface area contributed by atoms with E-state index in [4.69, 9.17) is 23.4 Å². The van der Waals surface area contributed by atoms with Gasteiger partial charge in [-0.05, 0) is 167 Å². The first kappa shape index (κ1) is 48.6. The number of para-hydroxylation sites is 6. The fourth-order valence-corrected chi connectivity index (χ4v) is 15.3. The molecule has 0 spiro atoms. The first-order chi connectivity index (χ1) is 42.8. The van der Waals surface area contributed by atoms with Gasteiger partial charge in [0.15, 0.2) is 0 Å². The minimum absolute atomic E-state index is 0.178. The number of fused-ring (bicyclic) bond motifs is 17. The van der Waals surface area contributed by atoms with Crippen molar-refractivity contribution in [3.8, 4) is 46.0 Å². The lowest BCUT2D eigenvalue weighted by molar-refractivity contribution is 0.466. The molecule has 12 aromatic carbocycles. The number of nitrogens with zero attached hydrogens (tertiary/aromatic N) is 3. The zero-order chi connectivity index (χ0) is 57.5. The molecule has 0 unspecified atom stereocenters. The zero-order valence-electron chi connectivity index (χ0n) is 48.1. The van der Waals surface area contributed by atoms with Crippen molar-refractivity contribution in [1.82, 2.24) is 0 Å². The van der Waals surface area contributed by atoms with E-state index in [1.807, 2.05) is 6.07 Å². The van der Waals surface area contributed by atoms with E-state index >= 15 is 0 Å². The van der Waals surface area contributed by atoms with Gasteiger partial charge in [0.1, 0.15) is 57.2 Å². The van der Waals surface area contributed by atoms with Gasteiger partial charge in [0.05, 0.1) is 16.8 Å². The van der Waals surface area contributed by atoms with Crippen molar-refractivity contribution >= 4 is 142 Å². The summed E-state index contributed by atoms with van der Waals surface area (Å²) < 4.78 is 36.7. The van der Waals surface area contributed by atoms with E-state index in [9.17, 15) is 0 Å². The Labute approximate surface area is 504 Å². The molecule has 7 heterocycles. The molecule has 0 atom stereocenters. The summed E-state index contributed by atoms with van der Waals surface area (Å²) in [6.07, 6.45) is 0. The summed E-state index contributed by atoms with van der Waals surface area (Å²) in [7, 11) is 0. The van der Waals surface area contributed by atoms with Crippen LogP contribution in [0.15, 0.2) is 235 Å². The van der Waals surface area contributed by atoms with E-state index in [1.165, 1.54) is 0 Å². The largest absolute Gasteiger partial charge is 0.459 e. The molecule has 408 valence electrons. The molecule has 0 fully saturated rings. The molecule has 0 saturated carbocycles. The molecule has 0 N–H and O–H groups in total. The van der Waals surface area contributed by atoms with Gasteiger partial charge in [0, 0.05) is 68.3 Å². The fourth-order valence-electron chi connectivity index (χ4n) is 15.3. The Bertz CT molecular complexity index is 4940. The summed E-state index contributed by atoms with van der Waals surface area (Å²) in [5.74, 6) is 6.40. The summed E-state index contributed by atoms with van der Waals surface area (Å²) in [4.78, 5) is 7.45. The predicted octanol–water partition coefficient (Wildman–Crippen LogP) is 13.8. The molecule has 0 aliphatic carbocycles. The lowest BCUT2D eigenvalue weighted by atomic mass is 9.28. The second-order valence-corrected chi connectivity index (χ2v) is 24.0. The van der Waals surface area contributed by atoms with Crippen molar-refractivity contribution < 1.29 is 23.4 Å². The first-order valence-electron chi connectivity index (χ1n) is 30.0. The summed E-state index contributed by atoms with van der Waals surface area (Å²) in [6, 6.07) is 82.8. The quantitative estimate of drug-likeness (QED) is 0.158. The maximum absolute atomic E-state index is 7.72. The maximum Gasteiger partial charge on any atom is 0.261 e. The molecule has 0 radical (unpaired) electrons. The highest BCUT2D eigenvalue weighted by Crippen LogP contribution is 2.54. The Morgan fingerprint density at radius 3 is 1.30 bits per heavy atom. The van der Waals surface area contributed by atoms with Crippen LogP contribution in [0.4, 0.5) is 51.2 Å². The van der Waals surface area contributed by atoms with E-state index in [0.717, 1.165) is 191 Å². The van der Waals surface area contributed by atoms with Crippen LogP contribution in [0, 0.1) is 27.7 Å². The molecule has 1 aromatic heterocycles. The third kappa shape index (κ3) is 6.76. The molecule has 19 rings (SSSR count). The number of hydrogen-bond donors (Lipinski definition) is 0. The van der Waals surface area contributed by atoms with Crippen molar-refractivity contribution in [1.29, 1.82) is 0 Å². The number of aryl methyl sites for hydroxylation is 4. The molecular weight excluding hydrogens is 1070 g/mol. The SMILES string of the molecule is Cc1ccc(C)c(N2c3cc(N(c4ccccc4)c4cccc5oc6ccccc6c45)cc4c3B(c3c2cc2c5c3Oc3ccccc3B5c3ccccc3O2)c2c(cc3c5c2Oc2ccccc2B5c2ccccc2O3)N4c2cc(C)ccc2C)c1. The number of rotatable bonds is 5. The minimum atomic E-state index is -0.491. The number of hydrogen-bond acceptors (Lipinski definition) is 8. The smallest absolute Gasteiger partial charge is 0.261 e. The summed E-state index contributed by atoms with van der Waals surface area (Å²) in [5.41, 5.74) is 24.7. The number of benzene rings is 12. The van der Waals surface area contributed by atoms with Gasteiger partial charge in [-0.2, -0.15) is 0 Å². The van der Waals surface area contributed by atoms with Crippen LogP contribution in [0.25, 0.3) is 21.9 Å². The van der Waals surface area contributed by atoms with Crippen molar-refractivity contribution in [2.75, 3.05) is 14.7 Å². The molecule has 87 heavy (non-hydrogen) atoms. The number of furan rings is 1. The van der Waals surface area contributed by atoms with Gasteiger partial charge in [-0.25, -0.2) is 0 Å². The highest BCUT2D eigenvalue weighted by molar-refractivity contribution is 7.05. The first-order valence-corrected chi connectivity index (χ1v) is 30.0. The monoisotopic (exact) mass is 1120 g/mol. The van der Waals surface area contributed by atoms with Crippen LogP contribution >= 0.6 is 0 Å². The van der Waals surface area contributed by atoms with Crippen molar-refractivity contribution in [3.63, 3.8) is 0 Å². The Morgan fingerprint density at radius 1 is 0.322 bits per heavy atom. The van der Waals surface area contributed by atoms with Gasteiger partial charge >= 0.3 is 0 Å². The highest BCUT2D eigenvalue weighted by Gasteiger charge is 2.54. The van der Waals surface area contributed by atoms with Crippen LogP contribution in [0.5, 0.6) is 46.0 Å². The highest BCUT2D eigenvalue weighted by atomic mass is 16.5. The van der Waals surface area contributed by atoms with Crippen LogP contribution in [0.2, 0.25) is 0 Å². The molecule has 13 aromatic rings. The molecule has 6 aliphatic heterocycles. The minimum Gasteiger partial charge on any atom is -0.459 e. The van der Waals surface area contributed by atoms with Gasteiger partial charge in [-0.15, -0.1) is 0 Å². The standard InChI is InChI=1S/C76H50B3N3O5/c1-43-33-35-45(3)55(37-43)81-57-39-48(80(47-19-6-5-7-20-47)54-26-18-32-66-69(54)49-21-8-13-27-61(49)83-66)40-58-70(57)79(71-59(81)41-67-73-75(71)86-64-30-16-11-24-52(64)77(73)50-22-9-14-28-62(50)84-67)72-60(82(58)56-38-44(2)34-36-46(56)4)42-68-74-76(72)87-65-31-17-12-25-53(65)78(74)51-23-10-15-29-63(51)85-68/h5-42H,1-4H3. The maximum atomic E-state index is 7.72. The molecule has 0 bridgehead atoms. The Balaban J connectivity index is 1.01. The van der Waals surface area contributed by atoms with Gasteiger partial charge in [0.2, 0.25) is 0 Å². The average Bonchev–Trinajstić information content (AvgIpc) is 1.44. The third-order valence-corrected chi connectivity index (χ3v) is 19.0. The summed E-state index contributed by atoms with van der Waals surface area (Å²) in [5, 5.41) is 2.07. The van der Waals surface area contributed by atoms with Gasteiger partial charge in [-0.1, -0.05) is 140 Å². The van der Waals surface area contributed by atoms with E-state index in [2.05, 4.69) is 267 Å². The van der Waals surface area contributed by atoms with Crippen LogP contribution in [-0.4, -0.2) is 20.1 Å². The van der Waals surface area contributed by atoms with Gasteiger partial charge < -0.3 is 38.1 Å². The molecule has 11 heteroatoms. The second kappa shape index (κ2) is 17.9. The fraction of sp³-hybridized carbons (Fsp3) is 0.0526. The normalized spacial score (nSPS) is 13.8. The molecule has 0 saturated heterocycles. The summed E-state index contributed by atoms with van der Waals surface area (Å²) >= 11 is 0. The Hall–Kier alpha value is -10.8. The van der Waals surface area contributed by atoms with Crippen molar-refractivity contribution in [2.24, 2.45) is 0 Å². The second-order valence-electron chi connectivity index (χ2n) is 24.0. The van der Waals surface area contributed by atoms with Gasteiger partial charge in [0.25, 0.3) is 20.1 Å². The lowest BCUT2D eigenvalue weighted by Crippen LogP contribution is -2.66. The summed E-state index contributed by atoms with van der Waals surface area (Å²) in [6.45, 7) is 7.99. The molecule has 0 amide bonds. The van der Waals surface area contributed by atoms with Crippen LogP contribution in [0.1, 0.15) is 22.3 Å². The van der Waals surface area contributed by atoms with Crippen molar-refractivity contribution in [3.05, 3.63) is 253 Å². The Kier molecular flexibility index (Phi) is 9.99. The topological polar surface area (TPSA) is 59.8 Å². The molecule has 8 nitrogen and oxygen atoms in total. The number of anilines is 9. The van der Waals surface area contributed by atoms with Crippen LogP contribution in [0.3, 0.4) is 0 Å². The molecular formula is C76H50B3N3O5. The van der Waals surface area contributed by atoms with E-state index in [0.29, 0.717) is 0 Å². The lowest BCUT2D eigenvalue weighted by Gasteiger charge is -2.48. The van der Waals surface area contributed by atoms with Crippen LogP contribution < -0.4 is 82.8 Å². The zero-order valence-corrected chi connectivity index (χ0v) is 48.1. The molecule has 6 aliphatic rings. The Morgan fingerprint density at radius 2 is 0.770 bits per heavy atom. The van der Waals surface area contributed by atoms with E-state index < -0.39 is 6.71 Å². The van der Waals surface area contributed by atoms with Gasteiger partial charge in [-0.3, -0.25) is 0 Å². The average molecular weight is 1120 g/mol. The van der Waals surface area contributed by atoms with E-state index in [-0.39, 0.29) is 13.4 Å². The van der Waals surface area contributed by atoms with Crippen molar-refractivity contribution in [2.45, 2.75) is 27.7 Å². The van der Waals surface area contributed by atoms with E-state index in [1.54, 1.807) is 0 Å².